The quantitative estimate of drug-likeness (QED) is 0.771. The van der Waals surface area contributed by atoms with Gasteiger partial charge in [-0.1, -0.05) is 6.07 Å². The monoisotopic (exact) mass is 357 g/mol. The number of hydrogen-bond acceptors (Lipinski definition) is 6. The second kappa shape index (κ2) is 6.66. The van der Waals surface area contributed by atoms with Gasteiger partial charge in [0, 0.05) is 39.0 Å². The zero-order valence-corrected chi connectivity index (χ0v) is 14.2. The van der Waals surface area contributed by atoms with Crippen LogP contribution in [0.4, 0.5) is 11.4 Å². The molecule has 1 aromatic rings. The largest absolute Gasteiger partial charge is 0.479 e. The van der Waals surface area contributed by atoms with Gasteiger partial charge in [0.05, 0.1) is 11.4 Å². The summed E-state index contributed by atoms with van der Waals surface area (Å²) in [5.41, 5.74) is 4.35. The predicted molar refractivity (Wildman–Crippen MR) is 94.2 cm³/mol. The van der Waals surface area contributed by atoms with Crippen LogP contribution in [-0.2, 0) is 14.4 Å². The number of hydrogen-bond donors (Lipinski definition) is 2. The third kappa shape index (κ3) is 3.07. The number of nitrogens with zero attached hydrogens (tertiary/aromatic N) is 3. The summed E-state index contributed by atoms with van der Waals surface area (Å²) < 4.78 is 5.61. The van der Waals surface area contributed by atoms with E-state index < -0.39 is 0 Å². The van der Waals surface area contributed by atoms with Crippen molar-refractivity contribution < 1.29 is 19.1 Å². The van der Waals surface area contributed by atoms with Crippen LogP contribution in [0.3, 0.4) is 0 Å². The van der Waals surface area contributed by atoms with Crippen molar-refractivity contribution in [2.75, 3.05) is 43.0 Å². The van der Waals surface area contributed by atoms with E-state index >= 15 is 0 Å². The molecule has 3 heterocycles. The number of ether oxygens (including phenoxy) is 1. The van der Waals surface area contributed by atoms with Crippen LogP contribution >= 0.6 is 0 Å². The number of benzene rings is 1. The van der Waals surface area contributed by atoms with Gasteiger partial charge >= 0.3 is 0 Å². The van der Waals surface area contributed by atoms with Crippen LogP contribution in [0.15, 0.2) is 23.3 Å². The first kappa shape index (κ1) is 16.4. The number of carbonyl (C=O) groups is 3. The first-order valence-corrected chi connectivity index (χ1v) is 8.57. The lowest BCUT2D eigenvalue weighted by molar-refractivity contribution is -0.125. The molecule has 1 fully saturated rings. The fraction of sp³-hybridized carbons (Fsp3) is 0.412. The number of hydrazone groups is 1. The molecule has 0 aromatic heterocycles. The van der Waals surface area contributed by atoms with Gasteiger partial charge in [-0.2, -0.15) is 5.10 Å². The Hall–Kier alpha value is -3.10. The van der Waals surface area contributed by atoms with Gasteiger partial charge in [0.1, 0.15) is 5.71 Å². The van der Waals surface area contributed by atoms with E-state index in [-0.39, 0.29) is 24.3 Å². The summed E-state index contributed by atoms with van der Waals surface area (Å²) in [5.74, 6) is 0.229. The zero-order chi connectivity index (χ0) is 18.1. The Bertz CT molecular complexity index is 798. The van der Waals surface area contributed by atoms with E-state index in [2.05, 4.69) is 20.7 Å². The van der Waals surface area contributed by atoms with Crippen LogP contribution in [0, 0.1) is 0 Å². The summed E-state index contributed by atoms with van der Waals surface area (Å²) in [6.07, 6.45) is 0.675. The van der Waals surface area contributed by atoms with Gasteiger partial charge in [0.25, 0.3) is 11.8 Å². The van der Waals surface area contributed by atoms with E-state index in [1.807, 2.05) is 18.2 Å². The molecule has 0 aliphatic carbocycles. The first-order chi connectivity index (χ1) is 12.6. The van der Waals surface area contributed by atoms with E-state index in [9.17, 15) is 14.4 Å². The molecule has 2 N–H and O–H groups in total. The minimum absolute atomic E-state index is 0.00795. The molecule has 9 nitrogen and oxygen atoms in total. The summed E-state index contributed by atoms with van der Waals surface area (Å²) >= 11 is 0. The smallest absolute Gasteiger partial charge is 0.270 e. The minimum atomic E-state index is -0.162. The summed E-state index contributed by atoms with van der Waals surface area (Å²) in [6.45, 7) is 2.43. The fourth-order valence-corrected chi connectivity index (χ4v) is 3.31. The second-order valence-electron chi connectivity index (χ2n) is 6.36. The van der Waals surface area contributed by atoms with Gasteiger partial charge in [-0.3, -0.25) is 14.4 Å². The van der Waals surface area contributed by atoms with E-state index in [0.717, 1.165) is 5.69 Å². The fourth-order valence-electron chi connectivity index (χ4n) is 3.31. The van der Waals surface area contributed by atoms with Crippen molar-refractivity contribution in [3.8, 4) is 5.75 Å². The van der Waals surface area contributed by atoms with Crippen molar-refractivity contribution in [2.45, 2.75) is 12.8 Å². The lowest BCUT2D eigenvalue weighted by Gasteiger charge is -2.37. The molecular formula is C17H19N5O4. The topological polar surface area (TPSA) is 103 Å². The second-order valence-corrected chi connectivity index (χ2v) is 6.36. The summed E-state index contributed by atoms with van der Waals surface area (Å²) in [5, 5.41) is 6.69. The Morgan fingerprint density at radius 2 is 1.88 bits per heavy atom. The van der Waals surface area contributed by atoms with Crippen molar-refractivity contribution in [2.24, 2.45) is 5.10 Å². The number of para-hydroxylation sites is 1. The molecular weight excluding hydrogens is 338 g/mol. The standard InChI is InChI=1S/C17H19N5O4/c23-14-5-4-12(19-20-14)17(25)22-8-6-21(7-9-22)13-3-1-2-11-16(13)26-10-15(24)18-11/h1-3H,4-10H2,(H,18,24)(H,20,23). The Labute approximate surface area is 150 Å². The normalized spacial score (nSPS) is 19.8. The van der Waals surface area contributed by atoms with Crippen molar-refractivity contribution in [1.29, 1.82) is 0 Å². The van der Waals surface area contributed by atoms with Gasteiger partial charge in [-0.05, 0) is 12.1 Å². The Morgan fingerprint density at radius 1 is 1.08 bits per heavy atom. The maximum atomic E-state index is 12.5. The van der Waals surface area contributed by atoms with Gasteiger partial charge in [-0.25, -0.2) is 5.43 Å². The molecule has 9 heteroatoms. The van der Waals surface area contributed by atoms with Crippen molar-refractivity contribution >= 4 is 34.8 Å². The molecule has 0 saturated carbocycles. The maximum absolute atomic E-state index is 12.5. The van der Waals surface area contributed by atoms with E-state index in [0.29, 0.717) is 56.2 Å². The molecule has 1 saturated heterocycles. The third-order valence-electron chi connectivity index (χ3n) is 4.67. The molecule has 26 heavy (non-hydrogen) atoms. The molecule has 0 bridgehead atoms. The number of piperazine rings is 1. The van der Waals surface area contributed by atoms with Crippen LogP contribution in [0.25, 0.3) is 0 Å². The number of rotatable bonds is 2. The lowest BCUT2D eigenvalue weighted by atomic mass is 10.1. The lowest BCUT2D eigenvalue weighted by Crippen LogP contribution is -2.51. The number of anilines is 2. The molecule has 3 amide bonds. The van der Waals surface area contributed by atoms with Crippen LogP contribution in [0.5, 0.6) is 5.75 Å². The highest BCUT2D eigenvalue weighted by Crippen LogP contribution is 2.38. The molecule has 0 radical (unpaired) electrons. The van der Waals surface area contributed by atoms with Crippen molar-refractivity contribution in [3.63, 3.8) is 0 Å². The molecule has 0 unspecified atom stereocenters. The van der Waals surface area contributed by atoms with Crippen LogP contribution in [0.1, 0.15) is 12.8 Å². The molecule has 0 atom stereocenters. The number of amides is 3. The average Bonchev–Trinajstić information content (AvgIpc) is 2.67. The van der Waals surface area contributed by atoms with Gasteiger partial charge in [-0.15, -0.1) is 0 Å². The molecule has 136 valence electrons. The van der Waals surface area contributed by atoms with Crippen LogP contribution in [0.2, 0.25) is 0 Å². The highest BCUT2D eigenvalue weighted by Gasteiger charge is 2.29. The van der Waals surface area contributed by atoms with E-state index in [1.165, 1.54) is 0 Å². The molecule has 0 spiro atoms. The SMILES string of the molecule is O=C1CCC(C(=O)N2CCN(c3cccc4c3OCC(=O)N4)CC2)=NN1. The zero-order valence-electron chi connectivity index (χ0n) is 14.2. The summed E-state index contributed by atoms with van der Waals surface area (Å²) in [7, 11) is 0. The predicted octanol–water partition coefficient (Wildman–Crippen LogP) is -0.0679. The summed E-state index contributed by atoms with van der Waals surface area (Å²) in [4.78, 5) is 39.1. The van der Waals surface area contributed by atoms with Crippen LogP contribution in [-0.4, -0.2) is 61.1 Å². The highest BCUT2D eigenvalue weighted by molar-refractivity contribution is 6.39. The number of carbonyl (C=O) groups excluding carboxylic acids is 3. The molecule has 3 aliphatic heterocycles. The van der Waals surface area contributed by atoms with Crippen molar-refractivity contribution in [1.82, 2.24) is 10.3 Å². The van der Waals surface area contributed by atoms with E-state index in [1.54, 1.807) is 4.90 Å². The Balaban J connectivity index is 1.43. The first-order valence-electron chi connectivity index (χ1n) is 8.57. The molecule has 4 rings (SSSR count). The maximum Gasteiger partial charge on any atom is 0.270 e. The van der Waals surface area contributed by atoms with Gasteiger partial charge in [0.2, 0.25) is 5.91 Å². The van der Waals surface area contributed by atoms with Crippen molar-refractivity contribution in [3.05, 3.63) is 18.2 Å². The number of nitrogens with one attached hydrogen (secondary N) is 2. The molecule has 1 aromatic carbocycles. The Morgan fingerprint density at radius 3 is 2.62 bits per heavy atom. The average molecular weight is 357 g/mol. The molecule has 3 aliphatic rings. The van der Waals surface area contributed by atoms with Gasteiger partial charge in [0.15, 0.2) is 12.4 Å². The van der Waals surface area contributed by atoms with E-state index in [4.69, 9.17) is 4.74 Å². The third-order valence-corrected chi connectivity index (χ3v) is 4.67. The summed E-state index contributed by atoms with van der Waals surface area (Å²) in [6, 6.07) is 5.64. The highest BCUT2D eigenvalue weighted by atomic mass is 16.5. The number of fused-ring (bicyclic) bond motifs is 1. The minimum Gasteiger partial charge on any atom is -0.479 e. The van der Waals surface area contributed by atoms with Gasteiger partial charge < -0.3 is 19.9 Å². The van der Waals surface area contributed by atoms with Crippen LogP contribution < -0.4 is 20.4 Å². The Kier molecular flexibility index (Phi) is 4.19.